The molecule has 0 amide bonds. The molecule has 1 aromatic carbocycles. The number of nitro groups is 1. The molecule has 0 bridgehead atoms. The molecule has 0 saturated heterocycles. The fraction of sp³-hybridized carbons (Fsp3) is 0.300. The number of rotatable bonds is 6. The van der Waals surface area contributed by atoms with Gasteiger partial charge in [0, 0.05) is 19.7 Å². The number of nitro benzene ring substituents is 1. The van der Waals surface area contributed by atoms with Crippen LogP contribution in [0.5, 0.6) is 0 Å². The molecule has 0 aromatic heterocycles. The SMILES string of the molecule is CN(CCC(=O)O)c1ccc(S(N)(=O)=O)cc1[N+](=O)[O-]. The number of nitrogens with two attached hydrogens (primary N) is 1. The molecular formula is C10H13N3O6S. The minimum atomic E-state index is -4.04. The van der Waals surface area contributed by atoms with Gasteiger partial charge in [0.1, 0.15) is 5.69 Å². The van der Waals surface area contributed by atoms with E-state index >= 15 is 0 Å². The van der Waals surface area contributed by atoms with Crippen molar-refractivity contribution in [2.24, 2.45) is 5.14 Å². The maximum Gasteiger partial charge on any atom is 0.305 e. The molecule has 9 nitrogen and oxygen atoms in total. The molecule has 10 heteroatoms. The summed E-state index contributed by atoms with van der Waals surface area (Å²) in [5, 5.41) is 24.5. The maximum atomic E-state index is 11.2. The van der Waals surface area contributed by atoms with Crippen LogP contribution >= 0.6 is 0 Å². The van der Waals surface area contributed by atoms with Gasteiger partial charge in [-0.25, -0.2) is 13.6 Å². The summed E-state index contributed by atoms with van der Waals surface area (Å²) in [5.41, 5.74) is -0.340. The van der Waals surface area contributed by atoms with Crippen molar-refractivity contribution in [3.05, 3.63) is 28.3 Å². The van der Waals surface area contributed by atoms with Crippen LogP contribution in [-0.4, -0.2) is 38.0 Å². The van der Waals surface area contributed by atoms with E-state index in [1.807, 2.05) is 0 Å². The molecule has 3 N–H and O–H groups in total. The van der Waals surface area contributed by atoms with E-state index in [2.05, 4.69) is 0 Å². The topological polar surface area (TPSA) is 144 Å². The molecule has 0 radical (unpaired) electrons. The number of aliphatic carboxylic acids is 1. The molecule has 0 saturated carbocycles. The third-order valence-corrected chi connectivity index (χ3v) is 3.46. The van der Waals surface area contributed by atoms with Crippen LogP contribution in [0.3, 0.4) is 0 Å². The van der Waals surface area contributed by atoms with Crippen LogP contribution in [0.15, 0.2) is 23.1 Å². The molecule has 0 heterocycles. The van der Waals surface area contributed by atoms with Gasteiger partial charge in [0.15, 0.2) is 0 Å². The first kappa shape index (κ1) is 15.9. The fourth-order valence-electron chi connectivity index (χ4n) is 1.53. The van der Waals surface area contributed by atoms with E-state index in [-0.39, 0.29) is 23.5 Å². The quantitative estimate of drug-likeness (QED) is 0.562. The maximum absolute atomic E-state index is 11.2. The predicted molar refractivity (Wildman–Crippen MR) is 70.0 cm³/mol. The lowest BCUT2D eigenvalue weighted by Gasteiger charge is -2.18. The number of primary sulfonamides is 1. The summed E-state index contributed by atoms with van der Waals surface area (Å²) in [7, 11) is -2.57. The van der Waals surface area contributed by atoms with E-state index in [9.17, 15) is 23.3 Å². The zero-order valence-corrected chi connectivity index (χ0v) is 11.3. The summed E-state index contributed by atoms with van der Waals surface area (Å²) in [6.07, 6.45) is -0.204. The lowest BCUT2D eigenvalue weighted by atomic mass is 10.2. The highest BCUT2D eigenvalue weighted by molar-refractivity contribution is 7.89. The first-order chi connectivity index (χ1) is 9.12. The van der Waals surface area contributed by atoms with Crippen LogP contribution < -0.4 is 10.0 Å². The Hall–Kier alpha value is -2.20. The first-order valence-electron chi connectivity index (χ1n) is 5.37. The number of carboxylic acid groups (broad SMARTS) is 1. The summed E-state index contributed by atoms with van der Waals surface area (Å²) in [4.78, 5) is 21.7. The Morgan fingerprint density at radius 1 is 1.50 bits per heavy atom. The number of hydrogen-bond acceptors (Lipinski definition) is 6. The second kappa shape index (κ2) is 5.84. The molecule has 0 aliphatic rings. The van der Waals surface area contributed by atoms with Gasteiger partial charge in [0.2, 0.25) is 10.0 Å². The van der Waals surface area contributed by atoms with E-state index in [0.29, 0.717) is 0 Å². The number of nitrogens with zero attached hydrogens (tertiary/aromatic N) is 2. The molecule has 1 rings (SSSR count). The predicted octanol–water partition coefficient (Wildman–Crippen LogP) is 0.153. The average Bonchev–Trinajstić information content (AvgIpc) is 2.33. The summed E-state index contributed by atoms with van der Waals surface area (Å²) in [6.45, 7) is 0.0465. The Bertz CT molecular complexity index is 642. The van der Waals surface area contributed by atoms with Crippen molar-refractivity contribution >= 4 is 27.4 Å². The monoisotopic (exact) mass is 303 g/mol. The lowest BCUT2D eigenvalue weighted by molar-refractivity contribution is -0.384. The minimum Gasteiger partial charge on any atom is -0.481 e. The van der Waals surface area contributed by atoms with E-state index in [1.54, 1.807) is 0 Å². The number of sulfonamides is 1. The van der Waals surface area contributed by atoms with Gasteiger partial charge < -0.3 is 10.0 Å². The van der Waals surface area contributed by atoms with Gasteiger partial charge in [-0.2, -0.15) is 0 Å². The van der Waals surface area contributed by atoms with Crippen molar-refractivity contribution in [3.63, 3.8) is 0 Å². The van der Waals surface area contributed by atoms with Crippen molar-refractivity contribution in [1.29, 1.82) is 0 Å². The Labute approximate surface area is 114 Å². The van der Waals surface area contributed by atoms with Gasteiger partial charge in [-0.1, -0.05) is 0 Å². The van der Waals surface area contributed by atoms with Crippen LogP contribution in [0.25, 0.3) is 0 Å². The molecular weight excluding hydrogens is 290 g/mol. The summed E-state index contributed by atoms with van der Waals surface area (Å²) in [6, 6.07) is 3.20. The van der Waals surface area contributed by atoms with Crippen molar-refractivity contribution < 1.29 is 23.2 Å². The third-order valence-electron chi connectivity index (χ3n) is 2.54. The molecule has 0 aliphatic carbocycles. The molecule has 110 valence electrons. The molecule has 0 spiro atoms. The van der Waals surface area contributed by atoms with Crippen LogP contribution in [0.4, 0.5) is 11.4 Å². The lowest BCUT2D eigenvalue weighted by Crippen LogP contribution is -2.22. The molecule has 1 aromatic rings. The van der Waals surface area contributed by atoms with Gasteiger partial charge >= 0.3 is 5.97 Å². The average molecular weight is 303 g/mol. The summed E-state index contributed by atoms with van der Waals surface area (Å²) >= 11 is 0. The van der Waals surface area contributed by atoms with Crippen molar-refractivity contribution in [2.75, 3.05) is 18.5 Å². The zero-order chi connectivity index (χ0) is 15.5. The molecule has 0 fully saturated rings. The van der Waals surface area contributed by atoms with E-state index in [1.165, 1.54) is 18.0 Å². The largest absolute Gasteiger partial charge is 0.481 e. The standard InChI is InChI=1S/C10H13N3O6S/c1-12(5-4-10(14)15)8-3-2-7(20(11,18)19)6-9(8)13(16)17/h2-3,6H,4-5H2,1H3,(H,14,15)(H2,11,18,19). The Kier molecular flexibility index (Phi) is 4.63. The molecule has 0 aliphatic heterocycles. The third kappa shape index (κ3) is 3.90. The van der Waals surface area contributed by atoms with Crippen LogP contribution in [0.1, 0.15) is 6.42 Å². The first-order valence-corrected chi connectivity index (χ1v) is 6.91. The van der Waals surface area contributed by atoms with Gasteiger partial charge in [-0.05, 0) is 12.1 Å². The number of benzene rings is 1. The fourth-order valence-corrected chi connectivity index (χ4v) is 2.07. The minimum absolute atomic E-state index is 0.0465. The van der Waals surface area contributed by atoms with Crippen molar-refractivity contribution in [3.8, 4) is 0 Å². The van der Waals surface area contributed by atoms with E-state index in [4.69, 9.17) is 10.2 Å². The van der Waals surface area contributed by atoms with Crippen molar-refractivity contribution in [2.45, 2.75) is 11.3 Å². The molecule has 0 unspecified atom stereocenters. The normalized spacial score (nSPS) is 11.1. The molecule has 20 heavy (non-hydrogen) atoms. The van der Waals surface area contributed by atoms with Crippen LogP contribution in [-0.2, 0) is 14.8 Å². The number of anilines is 1. The Morgan fingerprint density at radius 2 is 2.10 bits per heavy atom. The zero-order valence-electron chi connectivity index (χ0n) is 10.5. The Morgan fingerprint density at radius 3 is 2.55 bits per heavy atom. The Balaban J connectivity index is 3.20. The van der Waals surface area contributed by atoms with Gasteiger partial charge in [-0.3, -0.25) is 14.9 Å². The van der Waals surface area contributed by atoms with E-state index < -0.39 is 26.6 Å². The second-order valence-corrected chi connectivity index (χ2v) is 5.58. The second-order valence-electron chi connectivity index (χ2n) is 4.02. The van der Waals surface area contributed by atoms with Crippen molar-refractivity contribution in [1.82, 2.24) is 0 Å². The number of carboxylic acids is 1. The van der Waals surface area contributed by atoms with Crippen LogP contribution in [0.2, 0.25) is 0 Å². The summed E-state index contributed by atoms with van der Waals surface area (Å²) in [5.74, 6) is -1.04. The van der Waals surface area contributed by atoms with Gasteiger partial charge in [0.05, 0.1) is 16.2 Å². The number of hydrogen-bond donors (Lipinski definition) is 2. The molecule has 0 atom stereocenters. The smallest absolute Gasteiger partial charge is 0.305 e. The van der Waals surface area contributed by atoms with E-state index in [0.717, 1.165) is 12.1 Å². The van der Waals surface area contributed by atoms with Gasteiger partial charge in [0.25, 0.3) is 5.69 Å². The van der Waals surface area contributed by atoms with Crippen LogP contribution in [0, 0.1) is 10.1 Å². The number of carbonyl (C=O) groups is 1. The highest BCUT2D eigenvalue weighted by Gasteiger charge is 2.21. The highest BCUT2D eigenvalue weighted by Crippen LogP contribution is 2.29. The van der Waals surface area contributed by atoms with Gasteiger partial charge in [-0.15, -0.1) is 0 Å². The highest BCUT2D eigenvalue weighted by atomic mass is 32.2. The summed E-state index contributed by atoms with van der Waals surface area (Å²) < 4.78 is 22.3.